The molecule has 0 bridgehead atoms. The van der Waals surface area contributed by atoms with Crippen LogP contribution in [-0.4, -0.2) is 18.4 Å². The number of halogens is 1. The van der Waals surface area contributed by atoms with Gasteiger partial charge >= 0.3 is 0 Å². The van der Waals surface area contributed by atoms with Gasteiger partial charge in [-0.25, -0.2) is 13.4 Å². The topological polar surface area (TPSA) is 91.9 Å². The van der Waals surface area contributed by atoms with Gasteiger partial charge in [-0.3, -0.25) is 9.52 Å². The van der Waals surface area contributed by atoms with Crippen molar-refractivity contribution in [2.24, 2.45) is 0 Å². The SMILES string of the molecule is CC(C)c1csc(NS(=O)(=O)c2c[nH]c(=O)c(Cl)c2)n1. The fraction of sp³-hybridized carbons (Fsp3) is 0.273. The van der Waals surface area contributed by atoms with Crippen LogP contribution in [0.25, 0.3) is 0 Å². The fourth-order valence-corrected chi connectivity index (χ4v) is 3.72. The summed E-state index contributed by atoms with van der Waals surface area (Å²) in [6.45, 7) is 3.93. The Bertz CT molecular complexity index is 780. The molecule has 2 heterocycles. The standard InChI is InChI=1S/C11H12ClN3O3S2/c1-6(2)9-5-19-11(14-9)15-20(17,18)7-3-8(12)10(16)13-4-7/h3-6H,1-2H3,(H,13,16)(H,14,15). The lowest BCUT2D eigenvalue weighted by Gasteiger charge is -2.05. The number of rotatable bonds is 4. The highest BCUT2D eigenvalue weighted by Crippen LogP contribution is 2.24. The molecule has 9 heteroatoms. The maximum Gasteiger partial charge on any atom is 0.266 e. The van der Waals surface area contributed by atoms with Crippen molar-refractivity contribution in [1.82, 2.24) is 9.97 Å². The summed E-state index contributed by atoms with van der Waals surface area (Å²) in [5.74, 6) is 0.215. The predicted molar refractivity (Wildman–Crippen MR) is 79.1 cm³/mol. The van der Waals surface area contributed by atoms with Crippen LogP contribution < -0.4 is 10.3 Å². The zero-order valence-corrected chi connectivity index (χ0v) is 13.1. The van der Waals surface area contributed by atoms with Crippen LogP contribution in [0.1, 0.15) is 25.5 Å². The normalized spacial score (nSPS) is 11.8. The van der Waals surface area contributed by atoms with E-state index < -0.39 is 15.6 Å². The molecule has 0 spiro atoms. The Kier molecular flexibility index (Phi) is 4.17. The van der Waals surface area contributed by atoms with Gasteiger partial charge in [-0.1, -0.05) is 25.4 Å². The molecule has 20 heavy (non-hydrogen) atoms. The molecule has 2 N–H and O–H groups in total. The van der Waals surface area contributed by atoms with Crippen LogP contribution >= 0.6 is 22.9 Å². The molecule has 0 aliphatic heterocycles. The minimum Gasteiger partial charge on any atom is -0.326 e. The number of aromatic nitrogens is 2. The Morgan fingerprint density at radius 3 is 2.70 bits per heavy atom. The average Bonchev–Trinajstić information content (AvgIpc) is 2.80. The minimum atomic E-state index is -3.82. The van der Waals surface area contributed by atoms with Crippen LogP contribution in [0, 0.1) is 0 Å². The number of H-pyrrole nitrogens is 1. The lowest BCUT2D eigenvalue weighted by Crippen LogP contribution is -2.16. The molecule has 0 atom stereocenters. The van der Waals surface area contributed by atoms with E-state index in [9.17, 15) is 13.2 Å². The number of thiazole rings is 1. The number of nitrogens with zero attached hydrogens (tertiary/aromatic N) is 1. The number of sulfonamides is 1. The van der Waals surface area contributed by atoms with E-state index in [1.807, 2.05) is 13.8 Å². The number of hydrogen-bond acceptors (Lipinski definition) is 5. The summed E-state index contributed by atoms with van der Waals surface area (Å²) in [6, 6.07) is 1.10. The van der Waals surface area contributed by atoms with Gasteiger partial charge in [-0.2, -0.15) is 0 Å². The molecule has 0 aliphatic carbocycles. The van der Waals surface area contributed by atoms with E-state index in [2.05, 4.69) is 14.7 Å². The molecule has 0 aliphatic rings. The second kappa shape index (κ2) is 5.55. The maximum atomic E-state index is 12.1. The maximum absolute atomic E-state index is 12.1. The highest BCUT2D eigenvalue weighted by atomic mass is 35.5. The third-order valence-electron chi connectivity index (χ3n) is 2.48. The molecular formula is C11H12ClN3O3S2. The van der Waals surface area contributed by atoms with Gasteiger partial charge in [0, 0.05) is 11.6 Å². The van der Waals surface area contributed by atoms with Gasteiger partial charge < -0.3 is 4.98 Å². The van der Waals surface area contributed by atoms with E-state index in [4.69, 9.17) is 11.6 Å². The highest BCUT2D eigenvalue weighted by Gasteiger charge is 2.18. The van der Waals surface area contributed by atoms with Gasteiger partial charge in [0.25, 0.3) is 15.6 Å². The summed E-state index contributed by atoms with van der Waals surface area (Å²) in [7, 11) is -3.82. The van der Waals surface area contributed by atoms with E-state index in [1.165, 1.54) is 11.3 Å². The van der Waals surface area contributed by atoms with Crippen molar-refractivity contribution in [1.29, 1.82) is 0 Å². The average molecular weight is 334 g/mol. The monoisotopic (exact) mass is 333 g/mol. The Hall–Kier alpha value is -1.38. The first-order valence-corrected chi connectivity index (χ1v) is 8.40. The van der Waals surface area contributed by atoms with Gasteiger partial charge in [0.1, 0.15) is 9.92 Å². The number of anilines is 1. The van der Waals surface area contributed by atoms with Crippen LogP contribution in [0.15, 0.2) is 27.3 Å². The number of aromatic amines is 1. The molecule has 0 unspecified atom stereocenters. The predicted octanol–water partition coefficient (Wildman–Crippen LogP) is 2.41. The molecule has 0 fully saturated rings. The van der Waals surface area contributed by atoms with Gasteiger partial charge in [-0.05, 0) is 12.0 Å². The van der Waals surface area contributed by atoms with Crippen LogP contribution in [0.2, 0.25) is 5.02 Å². The van der Waals surface area contributed by atoms with E-state index in [0.29, 0.717) is 0 Å². The second-order valence-corrected chi connectivity index (χ2v) is 7.30. The lowest BCUT2D eigenvalue weighted by molar-refractivity contribution is 0.600. The Morgan fingerprint density at radius 1 is 1.45 bits per heavy atom. The van der Waals surface area contributed by atoms with Gasteiger partial charge in [0.2, 0.25) is 0 Å². The number of pyridine rings is 1. The van der Waals surface area contributed by atoms with Crippen molar-refractivity contribution in [3.05, 3.63) is 38.7 Å². The molecule has 6 nitrogen and oxygen atoms in total. The molecule has 2 rings (SSSR count). The summed E-state index contributed by atoms with van der Waals surface area (Å²) in [4.78, 5) is 17.4. The van der Waals surface area contributed by atoms with Crippen LogP contribution in [0.5, 0.6) is 0 Å². The van der Waals surface area contributed by atoms with Gasteiger partial charge in [0.05, 0.1) is 5.69 Å². The molecular weight excluding hydrogens is 322 g/mol. The molecule has 2 aromatic heterocycles. The largest absolute Gasteiger partial charge is 0.326 e. The summed E-state index contributed by atoms with van der Waals surface area (Å²) >= 11 is 6.82. The summed E-state index contributed by atoms with van der Waals surface area (Å²) < 4.78 is 26.6. The molecule has 0 aromatic carbocycles. The first kappa shape index (κ1) is 15.0. The van der Waals surface area contributed by atoms with Crippen molar-refractivity contribution >= 4 is 38.1 Å². The van der Waals surface area contributed by atoms with Crippen molar-refractivity contribution in [2.75, 3.05) is 4.72 Å². The number of nitrogens with one attached hydrogen (secondary N) is 2. The first-order chi connectivity index (χ1) is 9.29. The summed E-state index contributed by atoms with van der Waals surface area (Å²) in [5.41, 5.74) is 0.272. The summed E-state index contributed by atoms with van der Waals surface area (Å²) in [6.07, 6.45) is 1.09. The zero-order chi connectivity index (χ0) is 14.9. The third-order valence-corrected chi connectivity index (χ3v) is 4.98. The summed E-state index contributed by atoms with van der Waals surface area (Å²) in [5, 5.41) is 1.88. The minimum absolute atomic E-state index is 0.122. The highest BCUT2D eigenvalue weighted by molar-refractivity contribution is 7.93. The quantitative estimate of drug-likeness (QED) is 0.898. The molecule has 0 saturated carbocycles. The van der Waals surface area contributed by atoms with Gasteiger partial charge in [0.15, 0.2) is 5.13 Å². The van der Waals surface area contributed by atoms with Crippen molar-refractivity contribution in [3.63, 3.8) is 0 Å². The molecule has 2 aromatic rings. The smallest absolute Gasteiger partial charge is 0.266 e. The van der Waals surface area contributed by atoms with E-state index >= 15 is 0 Å². The van der Waals surface area contributed by atoms with E-state index in [1.54, 1.807) is 5.38 Å². The van der Waals surface area contributed by atoms with Crippen LogP contribution in [-0.2, 0) is 10.0 Å². The van der Waals surface area contributed by atoms with Crippen molar-refractivity contribution in [3.8, 4) is 0 Å². The Morgan fingerprint density at radius 2 is 2.15 bits per heavy atom. The van der Waals surface area contributed by atoms with Crippen molar-refractivity contribution < 1.29 is 8.42 Å². The Labute approximate surface area is 124 Å². The molecule has 0 radical (unpaired) electrons. The van der Waals surface area contributed by atoms with Crippen LogP contribution in [0.4, 0.5) is 5.13 Å². The van der Waals surface area contributed by atoms with Crippen molar-refractivity contribution in [2.45, 2.75) is 24.7 Å². The molecule has 0 amide bonds. The fourth-order valence-electron chi connectivity index (χ4n) is 1.36. The number of hydrogen-bond donors (Lipinski definition) is 2. The van der Waals surface area contributed by atoms with Gasteiger partial charge in [-0.15, -0.1) is 11.3 Å². The van der Waals surface area contributed by atoms with E-state index in [-0.39, 0.29) is 21.0 Å². The molecule has 108 valence electrons. The lowest BCUT2D eigenvalue weighted by atomic mass is 10.2. The third kappa shape index (κ3) is 3.20. The first-order valence-electron chi connectivity index (χ1n) is 5.66. The van der Waals surface area contributed by atoms with E-state index in [0.717, 1.165) is 18.0 Å². The second-order valence-electron chi connectivity index (χ2n) is 4.35. The molecule has 0 saturated heterocycles. The zero-order valence-electron chi connectivity index (χ0n) is 10.7. The Balaban J connectivity index is 2.30. The van der Waals surface area contributed by atoms with Crippen LogP contribution in [0.3, 0.4) is 0 Å².